The zero-order chi connectivity index (χ0) is 15.9. The lowest BCUT2D eigenvalue weighted by molar-refractivity contribution is 0.816. The van der Waals surface area contributed by atoms with Crippen molar-refractivity contribution in [3.05, 3.63) is 58.8 Å². The predicted octanol–water partition coefficient (Wildman–Crippen LogP) is 4.14. The van der Waals surface area contributed by atoms with Crippen LogP contribution in [0.5, 0.6) is 0 Å². The van der Waals surface area contributed by atoms with Gasteiger partial charge < -0.3 is 0 Å². The normalized spacial score (nSPS) is 18.8. The molecule has 0 amide bonds. The molecule has 1 atom stereocenters. The quantitative estimate of drug-likeness (QED) is 0.609. The standard InChI is InChI=1S/C18H18ClN3/c1-13(11-19)17(15-6-8-22-9-7-15)18(21-2)16-5-3-4-14(10-16)12-20/h3-6,8-10,15H,7,11H2,1-2H3/b17-13+,21-18?. The second-order valence-electron chi connectivity index (χ2n) is 5.11. The molecule has 1 aliphatic heterocycles. The van der Waals surface area contributed by atoms with Gasteiger partial charge in [-0.15, -0.1) is 11.6 Å². The van der Waals surface area contributed by atoms with Gasteiger partial charge in [-0.2, -0.15) is 5.26 Å². The Kier molecular flexibility index (Phi) is 5.68. The molecule has 0 saturated heterocycles. The monoisotopic (exact) mass is 311 g/mol. The van der Waals surface area contributed by atoms with E-state index in [9.17, 15) is 0 Å². The van der Waals surface area contributed by atoms with Crippen molar-refractivity contribution in [1.82, 2.24) is 0 Å². The van der Waals surface area contributed by atoms with Crippen LogP contribution in [-0.4, -0.2) is 24.9 Å². The van der Waals surface area contributed by atoms with Gasteiger partial charge in [-0.3, -0.25) is 9.98 Å². The van der Waals surface area contributed by atoms with Crippen LogP contribution >= 0.6 is 11.6 Å². The first-order valence-electron chi connectivity index (χ1n) is 7.12. The zero-order valence-corrected chi connectivity index (χ0v) is 13.5. The Labute approximate surface area is 136 Å². The molecule has 3 nitrogen and oxygen atoms in total. The number of hydrogen-bond donors (Lipinski definition) is 0. The summed E-state index contributed by atoms with van der Waals surface area (Å²) in [5.41, 5.74) is 4.67. The summed E-state index contributed by atoms with van der Waals surface area (Å²) in [7, 11) is 1.77. The lowest BCUT2D eigenvalue weighted by Gasteiger charge is -2.22. The van der Waals surface area contributed by atoms with Gasteiger partial charge in [0.2, 0.25) is 0 Å². The predicted molar refractivity (Wildman–Crippen MR) is 92.8 cm³/mol. The van der Waals surface area contributed by atoms with Gasteiger partial charge in [0.25, 0.3) is 0 Å². The molecule has 0 N–H and O–H groups in total. The van der Waals surface area contributed by atoms with E-state index in [1.807, 2.05) is 37.5 Å². The highest BCUT2D eigenvalue weighted by Gasteiger charge is 2.21. The van der Waals surface area contributed by atoms with Gasteiger partial charge in [-0.1, -0.05) is 23.8 Å². The molecule has 1 aromatic rings. The van der Waals surface area contributed by atoms with Crippen molar-refractivity contribution in [2.45, 2.75) is 13.3 Å². The van der Waals surface area contributed by atoms with Crippen LogP contribution in [0.25, 0.3) is 0 Å². The Bertz CT molecular complexity index is 705. The van der Waals surface area contributed by atoms with Crippen molar-refractivity contribution in [3.63, 3.8) is 0 Å². The van der Waals surface area contributed by atoms with Crippen LogP contribution in [0.2, 0.25) is 0 Å². The van der Waals surface area contributed by atoms with Crippen LogP contribution in [0, 0.1) is 17.2 Å². The molecular formula is C18H18ClN3. The highest BCUT2D eigenvalue weighted by Crippen LogP contribution is 2.27. The molecule has 1 heterocycles. The number of nitrogens with zero attached hydrogens (tertiary/aromatic N) is 3. The van der Waals surface area contributed by atoms with E-state index in [0.29, 0.717) is 11.4 Å². The number of aliphatic imine (C=N–C) groups is 2. The van der Waals surface area contributed by atoms with Gasteiger partial charge in [0.05, 0.1) is 17.3 Å². The number of nitriles is 1. The summed E-state index contributed by atoms with van der Waals surface area (Å²) in [6.45, 7) is 2.03. The van der Waals surface area contributed by atoms with E-state index in [1.54, 1.807) is 13.1 Å². The first-order chi connectivity index (χ1) is 10.7. The van der Waals surface area contributed by atoms with Gasteiger partial charge >= 0.3 is 0 Å². The van der Waals surface area contributed by atoms with Crippen LogP contribution in [0.15, 0.2) is 57.7 Å². The van der Waals surface area contributed by atoms with E-state index in [4.69, 9.17) is 16.9 Å². The van der Waals surface area contributed by atoms with Crippen molar-refractivity contribution >= 4 is 23.5 Å². The van der Waals surface area contributed by atoms with Crippen LogP contribution in [-0.2, 0) is 0 Å². The molecule has 2 rings (SSSR count). The molecule has 0 bridgehead atoms. The van der Waals surface area contributed by atoms with Gasteiger partial charge in [0.1, 0.15) is 0 Å². The Morgan fingerprint density at radius 2 is 2.32 bits per heavy atom. The Morgan fingerprint density at radius 1 is 1.50 bits per heavy atom. The lowest BCUT2D eigenvalue weighted by atomic mass is 9.85. The number of allylic oxidation sites excluding steroid dienone is 3. The van der Waals surface area contributed by atoms with Crippen LogP contribution in [0.3, 0.4) is 0 Å². The number of hydrogen-bond acceptors (Lipinski definition) is 3. The summed E-state index contributed by atoms with van der Waals surface area (Å²) in [5.74, 6) is 0.661. The second kappa shape index (κ2) is 7.72. The fourth-order valence-electron chi connectivity index (χ4n) is 2.59. The van der Waals surface area contributed by atoms with Crippen molar-refractivity contribution in [2.24, 2.45) is 15.9 Å². The first-order valence-corrected chi connectivity index (χ1v) is 7.66. The maximum atomic E-state index is 9.11. The van der Waals surface area contributed by atoms with Crippen molar-refractivity contribution in [2.75, 3.05) is 12.9 Å². The van der Waals surface area contributed by atoms with Gasteiger partial charge in [0, 0.05) is 36.8 Å². The fraction of sp³-hybridized carbons (Fsp3) is 0.278. The van der Waals surface area contributed by atoms with Crippen molar-refractivity contribution in [1.29, 1.82) is 5.26 Å². The van der Waals surface area contributed by atoms with Gasteiger partial charge in [-0.05, 0) is 31.1 Å². The molecule has 4 heteroatoms. The molecule has 0 saturated carbocycles. The molecule has 0 fully saturated rings. The molecule has 1 unspecified atom stereocenters. The van der Waals surface area contributed by atoms with Crippen LogP contribution in [0.4, 0.5) is 0 Å². The van der Waals surface area contributed by atoms with E-state index in [-0.39, 0.29) is 5.92 Å². The minimum Gasteiger partial charge on any atom is -0.288 e. The summed E-state index contributed by atoms with van der Waals surface area (Å²) in [6.07, 6.45) is 6.63. The third kappa shape index (κ3) is 3.52. The molecule has 0 aliphatic carbocycles. The third-order valence-corrected chi connectivity index (χ3v) is 4.04. The summed E-state index contributed by atoms with van der Waals surface area (Å²) >= 11 is 6.09. The Balaban J connectivity index is 2.51. The maximum absolute atomic E-state index is 9.11. The minimum absolute atomic E-state index is 0.209. The lowest BCUT2D eigenvalue weighted by Crippen LogP contribution is -2.17. The minimum atomic E-state index is 0.209. The van der Waals surface area contributed by atoms with Crippen LogP contribution in [0.1, 0.15) is 24.5 Å². The Morgan fingerprint density at radius 3 is 2.91 bits per heavy atom. The molecule has 112 valence electrons. The van der Waals surface area contributed by atoms with Crippen molar-refractivity contribution < 1.29 is 0 Å². The average molecular weight is 312 g/mol. The molecule has 1 aromatic carbocycles. The first kappa shape index (κ1) is 16.2. The second-order valence-corrected chi connectivity index (χ2v) is 5.38. The van der Waals surface area contributed by atoms with E-state index in [1.165, 1.54) is 0 Å². The number of alkyl halides is 1. The highest BCUT2D eigenvalue weighted by atomic mass is 35.5. The van der Waals surface area contributed by atoms with Gasteiger partial charge in [0.15, 0.2) is 0 Å². The topological polar surface area (TPSA) is 48.5 Å². The van der Waals surface area contributed by atoms with E-state index in [0.717, 1.165) is 28.8 Å². The molecule has 22 heavy (non-hydrogen) atoms. The van der Waals surface area contributed by atoms with Gasteiger partial charge in [-0.25, -0.2) is 0 Å². The molecule has 0 spiro atoms. The number of rotatable bonds is 4. The largest absolute Gasteiger partial charge is 0.288 e. The summed E-state index contributed by atoms with van der Waals surface area (Å²) in [6, 6.07) is 9.69. The highest BCUT2D eigenvalue weighted by molar-refractivity contribution is 6.21. The molecular weight excluding hydrogens is 294 g/mol. The summed E-state index contributed by atoms with van der Waals surface area (Å²) in [5, 5.41) is 9.11. The van der Waals surface area contributed by atoms with E-state index < -0.39 is 0 Å². The maximum Gasteiger partial charge on any atom is 0.0991 e. The van der Waals surface area contributed by atoms with Crippen LogP contribution < -0.4 is 0 Å². The average Bonchev–Trinajstić information content (AvgIpc) is 2.59. The van der Waals surface area contributed by atoms with E-state index >= 15 is 0 Å². The summed E-state index contributed by atoms with van der Waals surface area (Å²) in [4.78, 5) is 8.63. The number of halogens is 1. The number of benzene rings is 1. The molecule has 0 aromatic heterocycles. The van der Waals surface area contributed by atoms with Crippen molar-refractivity contribution in [3.8, 4) is 6.07 Å². The SMILES string of the molecule is CN=C(/C(=C(\C)CCl)C1C=CN=CC1)c1cccc(C#N)c1. The molecule has 0 radical (unpaired) electrons. The zero-order valence-electron chi connectivity index (χ0n) is 12.8. The molecule has 1 aliphatic rings. The Hall–Kier alpha value is -2.18. The van der Waals surface area contributed by atoms with E-state index in [2.05, 4.69) is 22.1 Å². The smallest absolute Gasteiger partial charge is 0.0991 e. The third-order valence-electron chi connectivity index (χ3n) is 3.64. The summed E-state index contributed by atoms with van der Waals surface area (Å²) < 4.78 is 0. The fourth-order valence-corrected chi connectivity index (χ4v) is 2.73.